The van der Waals surface area contributed by atoms with Crippen molar-refractivity contribution in [2.75, 3.05) is 13.7 Å². The molecule has 9 heteroatoms. The van der Waals surface area contributed by atoms with Crippen LogP contribution in [0.5, 0.6) is 5.88 Å². The van der Waals surface area contributed by atoms with E-state index in [2.05, 4.69) is 0 Å². The Morgan fingerprint density at radius 2 is 1.88 bits per heavy atom. The van der Waals surface area contributed by atoms with Crippen LogP contribution in [0.25, 0.3) is 10.9 Å². The summed E-state index contributed by atoms with van der Waals surface area (Å²) in [6.45, 7) is 5.88. The minimum absolute atomic E-state index is 0.0550. The third-order valence-electron chi connectivity index (χ3n) is 8.77. The third-order valence-corrected chi connectivity index (χ3v) is 8.77. The number of carbonyl (C=O) groups is 4. The molecule has 2 fully saturated rings. The van der Waals surface area contributed by atoms with E-state index in [4.69, 9.17) is 19.2 Å². The standard InChI is InChI=1S/C32H40N2O7/c1-32(2,3)24-16-28(36)41-27-14-19(27)10-6-5-7-12-22-23(18-35)21-11-8-9-13-25(21)33-29(22)40-20-15-26(31(38)39-4)34(17-20)30(24)37/h8-9,11,13,18-20,24,26-27H,5-7,10,12,14-17H2,1-4H3/t19-,20-,24-,26+,27-/m1/s1. The first-order valence-electron chi connectivity index (χ1n) is 14.7. The van der Waals surface area contributed by atoms with E-state index >= 15 is 0 Å². The number of amides is 1. The van der Waals surface area contributed by atoms with Crippen molar-refractivity contribution in [2.45, 2.75) is 90.4 Å². The Morgan fingerprint density at radius 3 is 2.61 bits per heavy atom. The highest BCUT2D eigenvalue weighted by Gasteiger charge is 2.47. The number of ether oxygens (including phenoxy) is 3. The summed E-state index contributed by atoms with van der Waals surface area (Å²) in [7, 11) is 1.30. The number of aldehydes is 1. The number of esters is 2. The number of pyridine rings is 1. The van der Waals surface area contributed by atoms with Gasteiger partial charge in [-0.3, -0.25) is 14.4 Å². The number of fused-ring (bicyclic) bond motifs is 5. The average Bonchev–Trinajstić information content (AvgIpc) is 3.53. The van der Waals surface area contributed by atoms with Crippen LogP contribution in [0.15, 0.2) is 24.3 Å². The van der Waals surface area contributed by atoms with Crippen molar-refractivity contribution in [1.29, 1.82) is 0 Å². The molecule has 1 aromatic heterocycles. The second-order valence-corrected chi connectivity index (χ2v) is 12.7. The number of benzene rings is 1. The predicted octanol–water partition coefficient (Wildman–Crippen LogP) is 4.67. The maximum absolute atomic E-state index is 14.0. The number of methoxy groups -OCH3 is 1. The number of nitrogens with zero attached hydrogens (tertiary/aromatic N) is 2. The van der Waals surface area contributed by atoms with Crippen LogP contribution >= 0.6 is 0 Å². The van der Waals surface area contributed by atoms with Gasteiger partial charge in [0.2, 0.25) is 11.8 Å². The van der Waals surface area contributed by atoms with E-state index in [0.29, 0.717) is 29.3 Å². The van der Waals surface area contributed by atoms with Crippen LogP contribution < -0.4 is 4.74 Å². The van der Waals surface area contributed by atoms with Crippen LogP contribution in [-0.2, 0) is 30.3 Å². The monoisotopic (exact) mass is 564 g/mol. The molecule has 0 radical (unpaired) electrons. The van der Waals surface area contributed by atoms with Crippen molar-refractivity contribution in [3.63, 3.8) is 0 Å². The van der Waals surface area contributed by atoms with E-state index in [-0.39, 0.29) is 37.4 Å². The molecule has 0 N–H and O–H groups in total. The predicted molar refractivity (Wildman–Crippen MR) is 151 cm³/mol. The normalized spacial score (nSPS) is 27.5. The van der Waals surface area contributed by atoms with Gasteiger partial charge >= 0.3 is 11.9 Å². The zero-order valence-electron chi connectivity index (χ0n) is 24.4. The van der Waals surface area contributed by atoms with Crippen molar-refractivity contribution in [3.05, 3.63) is 35.4 Å². The van der Waals surface area contributed by atoms with Gasteiger partial charge in [-0.15, -0.1) is 0 Å². The van der Waals surface area contributed by atoms with Gasteiger partial charge in [0, 0.05) is 22.9 Å². The molecule has 220 valence electrons. The van der Waals surface area contributed by atoms with E-state index < -0.39 is 29.4 Å². The topological polar surface area (TPSA) is 112 Å². The van der Waals surface area contributed by atoms with Crippen LogP contribution in [0.2, 0.25) is 0 Å². The summed E-state index contributed by atoms with van der Waals surface area (Å²) < 4.78 is 17.3. The Hall–Kier alpha value is -3.49. The van der Waals surface area contributed by atoms with Crippen molar-refractivity contribution in [3.8, 4) is 5.88 Å². The molecule has 0 unspecified atom stereocenters. The molecule has 1 amide bonds. The first kappa shape index (κ1) is 29.0. The molecular formula is C32H40N2O7. The van der Waals surface area contributed by atoms with Crippen molar-refractivity contribution in [1.82, 2.24) is 9.88 Å². The highest BCUT2D eigenvalue weighted by Crippen LogP contribution is 2.40. The zero-order chi connectivity index (χ0) is 29.3. The number of rotatable bonds is 2. The molecule has 0 spiro atoms. The number of carbonyl (C=O) groups excluding carboxylic acids is 4. The zero-order valence-corrected chi connectivity index (χ0v) is 24.4. The lowest BCUT2D eigenvalue weighted by Gasteiger charge is -2.34. The minimum atomic E-state index is -0.859. The summed E-state index contributed by atoms with van der Waals surface area (Å²) in [5.41, 5.74) is 1.42. The SMILES string of the molecule is COC(=O)[C@@H]1C[C@@H]2CN1C(=O)[C@H](C(C)(C)C)CC(=O)O[C@@H]1C[C@H]1CCCCCc1c(nc3ccccc3c1C=O)O2. The maximum atomic E-state index is 14.0. The quantitative estimate of drug-likeness (QED) is 0.382. The summed E-state index contributed by atoms with van der Waals surface area (Å²) in [6.07, 6.45) is 5.63. The molecular weight excluding hydrogens is 524 g/mol. The lowest BCUT2D eigenvalue weighted by molar-refractivity contribution is -0.157. The van der Waals surface area contributed by atoms with E-state index in [1.807, 2.05) is 45.0 Å². The number of aromatic nitrogens is 1. The van der Waals surface area contributed by atoms with Crippen molar-refractivity contribution < 1.29 is 33.4 Å². The van der Waals surface area contributed by atoms with E-state index in [0.717, 1.165) is 49.3 Å². The summed E-state index contributed by atoms with van der Waals surface area (Å²) in [5.74, 6) is -1.19. The van der Waals surface area contributed by atoms with Crippen LogP contribution in [-0.4, -0.2) is 65.9 Å². The molecule has 3 aliphatic rings. The third kappa shape index (κ3) is 6.23. The molecule has 41 heavy (non-hydrogen) atoms. The van der Waals surface area contributed by atoms with Gasteiger partial charge in [0.25, 0.3) is 0 Å². The minimum Gasteiger partial charge on any atom is -0.472 e. The fourth-order valence-corrected chi connectivity index (χ4v) is 6.27. The highest BCUT2D eigenvalue weighted by molar-refractivity contribution is 5.98. The van der Waals surface area contributed by atoms with Crippen molar-refractivity contribution in [2.24, 2.45) is 17.3 Å². The van der Waals surface area contributed by atoms with Gasteiger partial charge in [-0.05, 0) is 43.1 Å². The van der Waals surface area contributed by atoms with E-state index in [1.54, 1.807) is 0 Å². The first-order valence-corrected chi connectivity index (χ1v) is 14.7. The number of hydrogen-bond donors (Lipinski definition) is 0. The molecule has 1 aromatic carbocycles. The summed E-state index contributed by atoms with van der Waals surface area (Å²) in [6, 6.07) is 6.63. The maximum Gasteiger partial charge on any atom is 0.328 e. The van der Waals surface area contributed by atoms with Gasteiger partial charge in [-0.1, -0.05) is 51.8 Å². The van der Waals surface area contributed by atoms with Gasteiger partial charge in [-0.25, -0.2) is 9.78 Å². The second kappa shape index (κ2) is 11.8. The molecule has 2 aromatic rings. The molecule has 5 rings (SSSR count). The van der Waals surface area contributed by atoms with Gasteiger partial charge in [0.15, 0.2) is 6.29 Å². The largest absolute Gasteiger partial charge is 0.472 e. The van der Waals surface area contributed by atoms with Crippen molar-refractivity contribution >= 4 is 35.0 Å². The molecule has 1 aliphatic carbocycles. The molecule has 9 nitrogen and oxygen atoms in total. The Bertz CT molecular complexity index is 1330. The van der Waals surface area contributed by atoms with Gasteiger partial charge in [0.1, 0.15) is 18.2 Å². The smallest absolute Gasteiger partial charge is 0.328 e. The Morgan fingerprint density at radius 1 is 1.10 bits per heavy atom. The molecule has 5 atom stereocenters. The number of hydrogen-bond acceptors (Lipinski definition) is 8. The average molecular weight is 565 g/mol. The fraction of sp³-hybridized carbons (Fsp3) is 0.594. The molecule has 2 bridgehead atoms. The Balaban J connectivity index is 1.52. The summed E-state index contributed by atoms with van der Waals surface area (Å²) in [4.78, 5) is 58.5. The van der Waals surface area contributed by atoms with E-state index in [1.165, 1.54) is 12.0 Å². The first-order chi connectivity index (χ1) is 19.6. The Kier molecular flexibility index (Phi) is 8.34. The fourth-order valence-electron chi connectivity index (χ4n) is 6.27. The van der Waals surface area contributed by atoms with Crippen LogP contribution in [0.3, 0.4) is 0 Å². The van der Waals surface area contributed by atoms with Gasteiger partial charge in [0.05, 0.1) is 31.5 Å². The summed E-state index contributed by atoms with van der Waals surface area (Å²) in [5, 5.41) is 0.776. The summed E-state index contributed by atoms with van der Waals surface area (Å²) >= 11 is 0. The lowest BCUT2D eigenvalue weighted by Crippen LogP contribution is -2.47. The van der Waals surface area contributed by atoms with Crippen LogP contribution in [0.4, 0.5) is 0 Å². The molecule has 1 saturated heterocycles. The lowest BCUT2D eigenvalue weighted by atomic mass is 9.77. The van der Waals surface area contributed by atoms with Crippen LogP contribution in [0, 0.1) is 17.3 Å². The molecule has 3 heterocycles. The van der Waals surface area contributed by atoms with Gasteiger partial charge < -0.3 is 19.1 Å². The van der Waals surface area contributed by atoms with Crippen LogP contribution in [0.1, 0.15) is 81.6 Å². The Labute approximate surface area is 240 Å². The van der Waals surface area contributed by atoms with E-state index in [9.17, 15) is 19.2 Å². The number of para-hydroxylation sites is 1. The highest BCUT2D eigenvalue weighted by atomic mass is 16.5. The van der Waals surface area contributed by atoms with Gasteiger partial charge in [-0.2, -0.15) is 0 Å². The second-order valence-electron chi connectivity index (χ2n) is 12.7. The molecule has 1 saturated carbocycles. The molecule has 2 aliphatic heterocycles.